The van der Waals surface area contributed by atoms with Gasteiger partial charge in [0.1, 0.15) is 12.4 Å². The van der Waals surface area contributed by atoms with Gasteiger partial charge < -0.3 is 10.5 Å². The largest absolute Gasteiger partial charge is 0.492 e. The summed E-state index contributed by atoms with van der Waals surface area (Å²) in [6, 6.07) is 8.84. The van der Waals surface area contributed by atoms with Gasteiger partial charge >= 0.3 is 0 Å². The average Bonchev–Trinajstić information content (AvgIpc) is 2.75. The molecular formula is C12H14ClN3O. The monoisotopic (exact) mass is 251 g/mol. The molecule has 0 aliphatic heterocycles. The third-order valence-electron chi connectivity index (χ3n) is 2.36. The van der Waals surface area contributed by atoms with Gasteiger partial charge in [-0.25, -0.2) is 0 Å². The summed E-state index contributed by atoms with van der Waals surface area (Å²) in [5.41, 5.74) is 6.78. The number of nitrogens with two attached hydrogens (primary N) is 1. The second kappa shape index (κ2) is 5.21. The van der Waals surface area contributed by atoms with Crippen LogP contribution in [0.3, 0.4) is 0 Å². The minimum absolute atomic E-state index is 0.230. The molecule has 0 radical (unpaired) electrons. The Bertz CT molecular complexity index is 481. The topological polar surface area (TPSA) is 53.1 Å². The number of rotatable bonds is 4. The van der Waals surface area contributed by atoms with Crippen LogP contribution in [-0.2, 0) is 7.05 Å². The van der Waals surface area contributed by atoms with E-state index in [0.717, 1.165) is 11.4 Å². The maximum absolute atomic E-state index is 5.96. The zero-order valence-corrected chi connectivity index (χ0v) is 10.3. The summed E-state index contributed by atoms with van der Waals surface area (Å²) < 4.78 is 7.27. The first kappa shape index (κ1) is 12.0. The third-order valence-corrected chi connectivity index (χ3v) is 2.61. The van der Waals surface area contributed by atoms with E-state index < -0.39 is 0 Å². The Morgan fingerprint density at radius 3 is 2.65 bits per heavy atom. The van der Waals surface area contributed by atoms with Crippen LogP contribution in [0.4, 0.5) is 0 Å². The quantitative estimate of drug-likeness (QED) is 0.906. The summed E-state index contributed by atoms with van der Waals surface area (Å²) in [6.45, 7) is 0.388. The van der Waals surface area contributed by atoms with E-state index in [-0.39, 0.29) is 6.04 Å². The second-order valence-corrected chi connectivity index (χ2v) is 4.22. The Labute approximate surface area is 105 Å². The summed E-state index contributed by atoms with van der Waals surface area (Å²) in [5, 5.41) is 4.91. The molecule has 5 heteroatoms. The van der Waals surface area contributed by atoms with Crippen LogP contribution in [0.5, 0.6) is 5.75 Å². The van der Waals surface area contributed by atoms with Crippen molar-refractivity contribution in [1.82, 2.24) is 9.78 Å². The number of aryl methyl sites for hydroxylation is 1. The fourth-order valence-electron chi connectivity index (χ4n) is 1.43. The van der Waals surface area contributed by atoms with Crippen molar-refractivity contribution in [3.63, 3.8) is 0 Å². The maximum Gasteiger partial charge on any atom is 0.119 e. The van der Waals surface area contributed by atoms with E-state index in [2.05, 4.69) is 5.10 Å². The fourth-order valence-corrected chi connectivity index (χ4v) is 1.56. The number of hydrogen-bond acceptors (Lipinski definition) is 3. The van der Waals surface area contributed by atoms with Gasteiger partial charge in [-0.1, -0.05) is 11.6 Å². The van der Waals surface area contributed by atoms with Crippen LogP contribution in [0.2, 0.25) is 5.02 Å². The zero-order valence-electron chi connectivity index (χ0n) is 9.51. The Kier molecular flexibility index (Phi) is 3.66. The molecule has 4 nitrogen and oxygen atoms in total. The van der Waals surface area contributed by atoms with Crippen molar-refractivity contribution in [3.05, 3.63) is 47.2 Å². The van der Waals surface area contributed by atoms with Gasteiger partial charge in [0.2, 0.25) is 0 Å². The molecule has 0 fully saturated rings. The Morgan fingerprint density at radius 1 is 1.35 bits per heavy atom. The zero-order chi connectivity index (χ0) is 12.3. The van der Waals surface area contributed by atoms with Crippen molar-refractivity contribution in [2.45, 2.75) is 6.04 Å². The fraction of sp³-hybridized carbons (Fsp3) is 0.250. The summed E-state index contributed by atoms with van der Waals surface area (Å²) in [5.74, 6) is 0.751. The normalized spacial score (nSPS) is 12.4. The van der Waals surface area contributed by atoms with Gasteiger partial charge in [0, 0.05) is 18.3 Å². The first-order chi connectivity index (χ1) is 8.15. The smallest absolute Gasteiger partial charge is 0.119 e. The van der Waals surface area contributed by atoms with E-state index in [0.29, 0.717) is 11.6 Å². The highest BCUT2D eigenvalue weighted by Crippen LogP contribution is 2.17. The van der Waals surface area contributed by atoms with Crippen LogP contribution in [0.15, 0.2) is 36.5 Å². The first-order valence-electron chi connectivity index (χ1n) is 5.28. The lowest BCUT2D eigenvalue weighted by Gasteiger charge is -2.11. The predicted molar refractivity (Wildman–Crippen MR) is 67.1 cm³/mol. The predicted octanol–water partition coefficient (Wildman–Crippen LogP) is 2.15. The lowest BCUT2D eigenvalue weighted by molar-refractivity contribution is 0.288. The molecule has 2 N–H and O–H groups in total. The molecule has 0 aliphatic carbocycles. The highest BCUT2D eigenvalue weighted by molar-refractivity contribution is 6.30. The van der Waals surface area contributed by atoms with Gasteiger partial charge in [-0.2, -0.15) is 5.10 Å². The van der Waals surface area contributed by atoms with E-state index in [1.165, 1.54) is 0 Å². The highest BCUT2D eigenvalue weighted by Gasteiger charge is 2.09. The van der Waals surface area contributed by atoms with Crippen LogP contribution in [0.25, 0.3) is 0 Å². The summed E-state index contributed by atoms with van der Waals surface area (Å²) in [4.78, 5) is 0. The number of nitrogens with zero attached hydrogens (tertiary/aromatic N) is 2. The standard InChI is InChI=1S/C12H14ClN3O/c1-16-7-6-12(15-16)11(14)8-17-10-4-2-9(13)3-5-10/h2-7,11H,8,14H2,1H3. The molecule has 1 aromatic heterocycles. The molecule has 17 heavy (non-hydrogen) atoms. The number of aromatic nitrogens is 2. The van der Waals surface area contributed by atoms with E-state index in [4.69, 9.17) is 22.1 Å². The van der Waals surface area contributed by atoms with Crippen LogP contribution >= 0.6 is 11.6 Å². The molecule has 1 heterocycles. The van der Waals surface area contributed by atoms with E-state index >= 15 is 0 Å². The van der Waals surface area contributed by atoms with Gasteiger partial charge in [-0.05, 0) is 30.3 Å². The van der Waals surface area contributed by atoms with Gasteiger partial charge in [-0.3, -0.25) is 4.68 Å². The molecule has 1 unspecified atom stereocenters. The molecule has 2 rings (SSSR count). The number of hydrogen-bond donors (Lipinski definition) is 1. The second-order valence-electron chi connectivity index (χ2n) is 3.79. The molecule has 2 aromatic rings. The molecule has 0 amide bonds. The van der Waals surface area contributed by atoms with Gasteiger partial charge in [0.05, 0.1) is 11.7 Å². The lowest BCUT2D eigenvalue weighted by atomic mass is 10.2. The van der Waals surface area contributed by atoms with Crippen LogP contribution in [0.1, 0.15) is 11.7 Å². The van der Waals surface area contributed by atoms with Crippen LogP contribution < -0.4 is 10.5 Å². The first-order valence-corrected chi connectivity index (χ1v) is 5.66. The Hall–Kier alpha value is -1.52. The minimum atomic E-state index is -0.230. The summed E-state index contributed by atoms with van der Waals surface area (Å²) >= 11 is 5.78. The van der Waals surface area contributed by atoms with Crippen LogP contribution in [0, 0.1) is 0 Å². The van der Waals surface area contributed by atoms with E-state index in [9.17, 15) is 0 Å². The van der Waals surface area contributed by atoms with Crippen molar-refractivity contribution < 1.29 is 4.74 Å². The number of ether oxygens (including phenoxy) is 1. The van der Waals surface area contributed by atoms with Crippen molar-refractivity contribution in [3.8, 4) is 5.75 Å². The maximum atomic E-state index is 5.96. The SMILES string of the molecule is Cn1ccc(C(N)COc2ccc(Cl)cc2)n1. The summed E-state index contributed by atoms with van der Waals surface area (Å²) in [7, 11) is 1.86. The van der Waals surface area contributed by atoms with E-state index in [1.807, 2.05) is 31.4 Å². The molecule has 0 saturated carbocycles. The number of halogens is 1. The molecule has 1 atom stereocenters. The molecular weight excluding hydrogens is 238 g/mol. The molecule has 0 aliphatic rings. The Balaban J connectivity index is 1.92. The minimum Gasteiger partial charge on any atom is -0.492 e. The number of benzene rings is 1. The summed E-state index contributed by atoms with van der Waals surface area (Å²) in [6.07, 6.45) is 1.86. The average molecular weight is 252 g/mol. The van der Waals surface area contributed by atoms with Crippen molar-refractivity contribution in [1.29, 1.82) is 0 Å². The lowest BCUT2D eigenvalue weighted by Crippen LogP contribution is -2.19. The molecule has 0 saturated heterocycles. The van der Waals surface area contributed by atoms with E-state index in [1.54, 1.807) is 16.8 Å². The molecule has 1 aromatic carbocycles. The van der Waals surface area contributed by atoms with Crippen molar-refractivity contribution in [2.24, 2.45) is 12.8 Å². The van der Waals surface area contributed by atoms with Crippen LogP contribution in [-0.4, -0.2) is 16.4 Å². The Morgan fingerprint density at radius 2 is 2.06 bits per heavy atom. The van der Waals surface area contributed by atoms with Crippen molar-refractivity contribution >= 4 is 11.6 Å². The molecule has 90 valence electrons. The highest BCUT2D eigenvalue weighted by atomic mass is 35.5. The molecule has 0 spiro atoms. The van der Waals surface area contributed by atoms with Crippen molar-refractivity contribution in [2.75, 3.05) is 6.61 Å². The third kappa shape index (κ3) is 3.22. The van der Waals surface area contributed by atoms with Gasteiger partial charge in [0.25, 0.3) is 0 Å². The molecule has 0 bridgehead atoms. The van der Waals surface area contributed by atoms with Gasteiger partial charge in [0.15, 0.2) is 0 Å². The van der Waals surface area contributed by atoms with Gasteiger partial charge in [-0.15, -0.1) is 0 Å².